The first-order valence-electron chi connectivity index (χ1n) is 8.85. The minimum Gasteiger partial charge on any atom is -0.483 e. The van der Waals surface area contributed by atoms with Gasteiger partial charge in [-0.05, 0) is 40.5 Å². The third-order valence-corrected chi connectivity index (χ3v) is 4.95. The second kappa shape index (κ2) is 9.29. The van der Waals surface area contributed by atoms with Crippen LogP contribution in [0.1, 0.15) is 28.5 Å². The summed E-state index contributed by atoms with van der Waals surface area (Å²) in [6, 6.07) is 6.12. The van der Waals surface area contributed by atoms with Crippen molar-refractivity contribution in [1.82, 2.24) is 15.1 Å². The monoisotopic (exact) mass is 485 g/mol. The van der Waals surface area contributed by atoms with Crippen LogP contribution in [0.2, 0.25) is 0 Å². The number of hydrogen-bond acceptors (Lipinski definition) is 3. The number of halogens is 5. The number of aromatic nitrogens is 2. The maximum atomic E-state index is 13.6. The predicted octanol–water partition coefficient (Wildman–Crippen LogP) is 4.73. The molecule has 0 aliphatic heterocycles. The maximum Gasteiger partial charge on any atom is 0.251 e. The summed E-state index contributed by atoms with van der Waals surface area (Å²) in [7, 11) is 0. The summed E-state index contributed by atoms with van der Waals surface area (Å²) in [4.78, 5) is 12.3. The molecule has 0 saturated heterocycles. The molecule has 0 fully saturated rings. The van der Waals surface area contributed by atoms with Crippen molar-refractivity contribution in [3.8, 4) is 5.75 Å². The second-order valence-corrected chi connectivity index (χ2v) is 7.07. The van der Waals surface area contributed by atoms with Crippen LogP contribution in [0.3, 0.4) is 0 Å². The predicted molar refractivity (Wildman–Crippen MR) is 104 cm³/mol. The van der Waals surface area contributed by atoms with E-state index in [0.717, 1.165) is 10.2 Å². The number of nitrogens with one attached hydrogen (secondary N) is 1. The van der Waals surface area contributed by atoms with Gasteiger partial charge in [0.25, 0.3) is 5.91 Å². The number of hydrogen-bond donors (Lipinski definition) is 1. The molecule has 1 aromatic heterocycles. The van der Waals surface area contributed by atoms with Crippen molar-refractivity contribution in [3.05, 3.63) is 81.1 Å². The SMILES string of the molecule is CCn1ncc(Br)c1CNC(=O)c1ccc(COc2c(F)c(F)cc(F)c2F)cc1. The van der Waals surface area contributed by atoms with Crippen LogP contribution >= 0.6 is 15.9 Å². The van der Waals surface area contributed by atoms with E-state index >= 15 is 0 Å². The lowest BCUT2D eigenvalue weighted by Gasteiger charge is -2.10. The Hall–Kier alpha value is -2.88. The topological polar surface area (TPSA) is 56.2 Å². The highest BCUT2D eigenvalue weighted by Crippen LogP contribution is 2.27. The van der Waals surface area contributed by atoms with Crippen molar-refractivity contribution >= 4 is 21.8 Å². The van der Waals surface area contributed by atoms with Gasteiger partial charge in [0.15, 0.2) is 17.4 Å². The molecule has 0 unspecified atom stereocenters. The molecule has 1 amide bonds. The van der Waals surface area contributed by atoms with Crippen molar-refractivity contribution in [1.29, 1.82) is 0 Å². The van der Waals surface area contributed by atoms with Gasteiger partial charge in [0.05, 0.1) is 22.9 Å². The molecule has 0 spiro atoms. The minimum absolute atomic E-state index is 0.108. The van der Waals surface area contributed by atoms with Crippen LogP contribution in [0.25, 0.3) is 0 Å². The summed E-state index contributed by atoms with van der Waals surface area (Å²) in [5.41, 5.74) is 1.62. The number of aryl methyl sites for hydroxylation is 1. The van der Waals surface area contributed by atoms with Crippen molar-refractivity contribution in [2.75, 3.05) is 0 Å². The quantitative estimate of drug-likeness (QED) is 0.388. The van der Waals surface area contributed by atoms with Crippen LogP contribution in [-0.4, -0.2) is 15.7 Å². The van der Waals surface area contributed by atoms with Gasteiger partial charge in [-0.25, -0.2) is 8.78 Å². The first-order chi connectivity index (χ1) is 14.3. The number of benzene rings is 2. The van der Waals surface area contributed by atoms with E-state index in [4.69, 9.17) is 4.74 Å². The summed E-state index contributed by atoms with van der Waals surface area (Å²) in [6.07, 6.45) is 1.65. The van der Waals surface area contributed by atoms with Crippen molar-refractivity contribution < 1.29 is 27.1 Å². The highest BCUT2D eigenvalue weighted by molar-refractivity contribution is 9.10. The van der Waals surface area contributed by atoms with Gasteiger partial charge in [-0.1, -0.05) is 12.1 Å². The van der Waals surface area contributed by atoms with Gasteiger partial charge in [-0.3, -0.25) is 9.48 Å². The molecule has 2 aromatic carbocycles. The summed E-state index contributed by atoms with van der Waals surface area (Å²) in [5.74, 6) is -7.78. The zero-order valence-electron chi connectivity index (χ0n) is 15.7. The summed E-state index contributed by atoms with van der Waals surface area (Å²) in [5, 5.41) is 6.95. The van der Waals surface area contributed by atoms with E-state index in [1.54, 1.807) is 10.9 Å². The fourth-order valence-electron chi connectivity index (χ4n) is 2.69. The molecule has 1 heterocycles. The van der Waals surface area contributed by atoms with E-state index in [1.807, 2.05) is 6.92 Å². The van der Waals surface area contributed by atoms with E-state index in [2.05, 4.69) is 26.3 Å². The van der Waals surface area contributed by atoms with Gasteiger partial charge in [-0.15, -0.1) is 0 Å². The maximum absolute atomic E-state index is 13.6. The van der Waals surface area contributed by atoms with Crippen LogP contribution in [0.5, 0.6) is 5.75 Å². The third kappa shape index (κ3) is 4.64. The lowest BCUT2D eigenvalue weighted by atomic mass is 10.1. The Bertz CT molecular complexity index is 1040. The average molecular weight is 486 g/mol. The van der Waals surface area contributed by atoms with E-state index in [-0.39, 0.29) is 25.1 Å². The van der Waals surface area contributed by atoms with Crippen LogP contribution in [-0.2, 0) is 19.7 Å². The summed E-state index contributed by atoms with van der Waals surface area (Å²) in [6.45, 7) is 2.51. The molecule has 3 aromatic rings. The van der Waals surface area contributed by atoms with Crippen LogP contribution in [0.15, 0.2) is 41.0 Å². The molecule has 0 saturated carbocycles. The van der Waals surface area contributed by atoms with Gasteiger partial charge in [-0.2, -0.15) is 13.9 Å². The minimum atomic E-state index is -1.61. The standard InChI is InChI=1S/C20H16BrF4N3O2/c1-2-28-16(13(21)8-27-28)9-26-20(29)12-5-3-11(4-6-12)10-30-19-17(24)14(22)7-15(23)18(19)25/h3-8H,2,9-10H2,1H3,(H,26,29). The number of nitrogens with zero attached hydrogens (tertiary/aromatic N) is 2. The Morgan fingerprint density at radius 3 is 2.37 bits per heavy atom. The lowest BCUT2D eigenvalue weighted by Crippen LogP contribution is -2.24. The van der Waals surface area contributed by atoms with Crippen LogP contribution in [0, 0.1) is 23.3 Å². The highest BCUT2D eigenvalue weighted by atomic mass is 79.9. The summed E-state index contributed by atoms with van der Waals surface area (Å²) < 4.78 is 61.1. The molecule has 0 bridgehead atoms. The molecule has 0 aliphatic rings. The molecular weight excluding hydrogens is 470 g/mol. The van der Waals surface area contributed by atoms with Crippen LogP contribution < -0.4 is 10.1 Å². The second-order valence-electron chi connectivity index (χ2n) is 6.22. The zero-order chi connectivity index (χ0) is 21.8. The molecule has 10 heteroatoms. The molecular formula is C20H16BrF4N3O2. The molecule has 3 rings (SSSR count). The Kier molecular flexibility index (Phi) is 6.76. The number of carbonyl (C=O) groups is 1. The third-order valence-electron chi connectivity index (χ3n) is 4.28. The fraction of sp³-hybridized carbons (Fsp3) is 0.200. The normalized spacial score (nSPS) is 10.9. The smallest absolute Gasteiger partial charge is 0.251 e. The molecule has 0 aliphatic carbocycles. The van der Waals surface area contributed by atoms with Crippen molar-refractivity contribution in [2.45, 2.75) is 26.6 Å². The van der Waals surface area contributed by atoms with Gasteiger partial charge < -0.3 is 10.1 Å². The Balaban J connectivity index is 1.63. The Morgan fingerprint density at radius 2 is 1.77 bits per heavy atom. The van der Waals surface area contributed by atoms with Gasteiger partial charge >= 0.3 is 0 Å². The van der Waals surface area contributed by atoms with E-state index in [1.165, 1.54) is 24.3 Å². The highest BCUT2D eigenvalue weighted by Gasteiger charge is 2.20. The molecule has 1 N–H and O–H groups in total. The Morgan fingerprint density at radius 1 is 1.13 bits per heavy atom. The van der Waals surface area contributed by atoms with Crippen LogP contribution in [0.4, 0.5) is 17.6 Å². The average Bonchev–Trinajstić information content (AvgIpc) is 3.10. The Labute approximate surface area is 177 Å². The lowest BCUT2D eigenvalue weighted by molar-refractivity contribution is 0.0949. The number of amides is 1. The van der Waals surface area contributed by atoms with Gasteiger partial charge in [0.2, 0.25) is 11.6 Å². The largest absolute Gasteiger partial charge is 0.483 e. The molecule has 158 valence electrons. The molecule has 5 nitrogen and oxygen atoms in total. The van der Waals surface area contributed by atoms with Crippen molar-refractivity contribution in [2.24, 2.45) is 0 Å². The number of ether oxygens (including phenoxy) is 1. The first kappa shape index (κ1) is 21.8. The number of carbonyl (C=O) groups excluding carboxylic acids is 1. The van der Waals surface area contributed by atoms with E-state index < -0.39 is 29.0 Å². The van der Waals surface area contributed by atoms with Gasteiger partial charge in [0, 0.05) is 18.2 Å². The van der Waals surface area contributed by atoms with Crippen molar-refractivity contribution in [3.63, 3.8) is 0 Å². The molecule has 0 radical (unpaired) electrons. The summed E-state index contributed by atoms with van der Waals surface area (Å²) >= 11 is 3.38. The first-order valence-corrected chi connectivity index (χ1v) is 9.64. The van der Waals surface area contributed by atoms with E-state index in [0.29, 0.717) is 17.7 Å². The van der Waals surface area contributed by atoms with Gasteiger partial charge in [0.1, 0.15) is 6.61 Å². The number of rotatable bonds is 7. The molecule has 30 heavy (non-hydrogen) atoms. The molecule has 0 atom stereocenters. The van der Waals surface area contributed by atoms with E-state index in [9.17, 15) is 22.4 Å². The fourth-order valence-corrected chi connectivity index (χ4v) is 3.12. The zero-order valence-corrected chi connectivity index (χ0v) is 17.3.